The number of carbonyl (C=O) groups is 1. The Bertz CT molecular complexity index is 1410. The van der Waals surface area contributed by atoms with Gasteiger partial charge in [-0.05, 0) is 58.6 Å². The SMILES string of the molecule is CCOc1ccc(/C=c2\sc3n(c2=O)[C@@H](c2ccccc2)C(C(=O)OC)=C(CC)N=3)cc1Br. The summed E-state index contributed by atoms with van der Waals surface area (Å²) in [6.45, 7) is 4.44. The average molecular weight is 527 g/mol. The summed E-state index contributed by atoms with van der Waals surface area (Å²) >= 11 is 4.84. The largest absolute Gasteiger partial charge is 0.493 e. The number of aromatic nitrogens is 1. The number of rotatable bonds is 6. The van der Waals surface area contributed by atoms with Gasteiger partial charge in [0, 0.05) is 0 Å². The van der Waals surface area contributed by atoms with Gasteiger partial charge in [-0.15, -0.1) is 0 Å². The highest BCUT2D eigenvalue weighted by atomic mass is 79.9. The first-order valence-corrected chi connectivity index (χ1v) is 12.2. The topological polar surface area (TPSA) is 69.9 Å². The third-order valence-electron chi connectivity index (χ3n) is 5.32. The van der Waals surface area contributed by atoms with Crippen LogP contribution in [0.3, 0.4) is 0 Å². The van der Waals surface area contributed by atoms with Gasteiger partial charge < -0.3 is 9.47 Å². The van der Waals surface area contributed by atoms with Gasteiger partial charge >= 0.3 is 5.97 Å². The van der Waals surface area contributed by atoms with Crippen LogP contribution in [0.1, 0.15) is 37.4 Å². The summed E-state index contributed by atoms with van der Waals surface area (Å²) in [7, 11) is 1.35. The van der Waals surface area contributed by atoms with Crippen molar-refractivity contribution in [1.82, 2.24) is 4.57 Å². The number of carbonyl (C=O) groups excluding carboxylic acids is 1. The molecule has 0 N–H and O–H groups in total. The number of nitrogens with zero attached hydrogens (tertiary/aromatic N) is 2. The van der Waals surface area contributed by atoms with Crippen molar-refractivity contribution in [1.29, 1.82) is 0 Å². The summed E-state index contributed by atoms with van der Waals surface area (Å²) in [6, 6.07) is 14.6. The highest BCUT2D eigenvalue weighted by Crippen LogP contribution is 2.31. The van der Waals surface area contributed by atoms with E-state index in [4.69, 9.17) is 9.47 Å². The Kier molecular flexibility index (Phi) is 6.95. The fourth-order valence-corrected chi connectivity index (χ4v) is 5.38. The number of allylic oxidation sites excluding steroid dienone is 1. The number of ether oxygens (including phenoxy) is 2. The third-order valence-corrected chi connectivity index (χ3v) is 6.92. The van der Waals surface area contributed by atoms with Gasteiger partial charge in [0.25, 0.3) is 5.56 Å². The van der Waals surface area contributed by atoms with Crippen LogP contribution in [0.5, 0.6) is 5.75 Å². The second-order valence-electron chi connectivity index (χ2n) is 7.32. The van der Waals surface area contributed by atoms with Gasteiger partial charge in [-0.25, -0.2) is 9.79 Å². The van der Waals surface area contributed by atoms with Crippen molar-refractivity contribution in [3.63, 3.8) is 0 Å². The van der Waals surface area contributed by atoms with Crippen molar-refractivity contribution in [3.05, 3.63) is 95.1 Å². The van der Waals surface area contributed by atoms with Gasteiger partial charge in [0.1, 0.15) is 5.75 Å². The molecule has 2 heterocycles. The summed E-state index contributed by atoms with van der Waals surface area (Å²) in [4.78, 5) is 31.6. The van der Waals surface area contributed by atoms with Crippen molar-refractivity contribution in [2.45, 2.75) is 26.3 Å². The lowest BCUT2D eigenvalue weighted by atomic mass is 9.95. The number of fused-ring (bicyclic) bond motifs is 1. The predicted molar refractivity (Wildman–Crippen MR) is 132 cm³/mol. The maximum Gasteiger partial charge on any atom is 0.338 e. The monoisotopic (exact) mass is 526 g/mol. The van der Waals surface area contributed by atoms with Crippen LogP contribution in [0.4, 0.5) is 0 Å². The first kappa shape index (κ1) is 23.2. The van der Waals surface area contributed by atoms with Crippen LogP contribution in [-0.4, -0.2) is 24.3 Å². The van der Waals surface area contributed by atoms with E-state index < -0.39 is 12.0 Å². The molecule has 0 aliphatic carbocycles. The van der Waals surface area contributed by atoms with Crippen molar-refractivity contribution in [2.24, 2.45) is 4.99 Å². The first-order chi connectivity index (χ1) is 16.0. The van der Waals surface area contributed by atoms with Crippen LogP contribution < -0.4 is 19.6 Å². The van der Waals surface area contributed by atoms with Gasteiger partial charge in [0.15, 0.2) is 4.80 Å². The summed E-state index contributed by atoms with van der Waals surface area (Å²) in [6.07, 6.45) is 2.38. The number of thiazole rings is 1. The van der Waals surface area contributed by atoms with Crippen LogP contribution in [0, 0.1) is 0 Å². The molecule has 1 aliphatic rings. The lowest BCUT2D eigenvalue weighted by molar-refractivity contribution is -0.136. The van der Waals surface area contributed by atoms with Crippen molar-refractivity contribution in [3.8, 4) is 5.75 Å². The average Bonchev–Trinajstić information content (AvgIpc) is 3.14. The van der Waals surface area contributed by atoms with E-state index in [9.17, 15) is 9.59 Å². The molecule has 0 saturated heterocycles. The van der Waals surface area contributed by atoms with Crippen LogP contribution in [-0.2, 0) is 9.53 Å². The predicted octanol–water partition coefficient (Wildman–Crippen LogP) is 3.96. The Morgan fingerprint density at radius 1 is 1.21 bits per heavy atom. The number of esters is 1. The number of benzene rings is 2. The van der Waals surface area contributed by atoms with Crippen molar-refractivity contribution >= 4 is 39.3 Å². The zero-order valence-electron chi connectivity index (χ0n) is 18.5. The third kappa shape index (κ3) is 4.45. The highest BCUT2D eigenvalue weighted by molar-refractivity contribution is 9.10. The van der Waals surface area contributed by atoms with E-state index in [1.807, 2.05) is 68.5 Å². The Hall–Kier alpha value is -2.97. The molecule has 1 atom stereocenters. The standard InChI is InChI=1S/C25H23BrN2O4S/c1-4-18-21(24(30)31-3)22(16-9-7-6-8-10-16)28-23(29)20(33-25(28)27-18)14-15-11-12-19(32-5-2)17(26)13-15/h6-14,22H,4-5H2,1-3H3/b20-14-/t22-/m0/s1. The fraction of sp³-hybridized carbons (Fsp3) is 0.240. The van der Waals surface area contributed by atoms with Crippen molar-refractivity contribution < 1.29 is 14.3 Å². The molecule has 0 bridgehead atoms. The number of methoxy groups -OCH3 is 1. The molecule has 0 unspecified atom stereocenters. The minimum absolute atomic E-state index is 0.200. The first-order valence-electron chi connectivity index (χ1n) is 10.6. The van der Waals surface area contributed by atoms with E-state index in [1.54, 1.807) is 4.57 Å². The van der Waals surface area contributed by atoms with E-state index in [0.29, 0.717) is 33.6 Å². The molecular formula is C25H23BrN2O4S. The normalized spacial score (nSPS) is 15.8. The van der Waals surface area contributed by atoms with Crippen LogP contribution in [0.15, 0.2) is 74.1 Å². The Labute approximate surface area is 203 Å². The minimum Gasteiger partial charge on any atom is -0.493 e. The second kappa shape index (κ2) is 9.89. The number of hydrogen-bond donors (Lipinski definition) is 0. The molecule has 33 heavy (non-hydrogen) atoms. The van der Waals surface area contributed by atoms with Gasteiger partial charge in [0.05, 0.1) is 40.0 Å². The van der Waals surface area contributed by atoms with Crippen molar-refractivity contribution in [2.75, 3.05) is 13.7 Å². The fourth-order valence-electron chi connectivity index (χ4n) is 3.85. The summed E-state index contributed by atoms with van der Waals surface area (Å²) in [5, 5.41) is 0. The lowest BCUT2D eigenvalue weighted by Gasteiger charge is -2.25. The van der Waals surface area contributed by atoms with Crippen LogP contribution in [0.25, 0.3) is 6.08 Å². The molecular weight excluding hydrogens is 504 g/mol. The quantitative estimate of drug-likeness (QED) is 0.456. The smallest absolute Gasteiger partial charge is 0.338 e. The van der Waals surface area contributed by atoms with Gasteiger partial charge in [-0.2, -0.15) is 0 Å². The summed E-state index contributed by atoms with van der Waals surface area (Å²) in [5.41, 5.74) is 2.51. The zero-order valence-corrected chi connectivity index (χ0v) is 20.9. The molecule has 1 aromatic heterocycles. The summed E-state index contributed by atoms with van der Waals surface area (Å²) < 4.78 is 13.6. The number of halogens is 1. The lowest BCUT2D eigenvalue weighted by Crippen LogP contribution is -2.40. The molecule has 8 heteroatoms. The number of hydrogen-bond acceptors (Lipinski definition) is 6. The molecule has 3 aromatic rings. The maximum atomic E-state index is 13.6. The molecule has 170 valence electrons. The Morgan fingerprint density at radius 2 is 1.97 bits per heavy atom. The second-order valence-corrected chi connectivity index (χ2v) is 9.19. The van der Waals surface area contributed by atoms with Crippen LogP contribution in [0.2, 0.25) is 0 Å². The molecule has 2 aromatic carbocycles. The molecule has 4 rings (SSSR count). The van der Waals surface area contributed by atoms with Gasteiger partial charge in [-0.1, -0.05) is 54.7 Å². The van der Waals surface area contributed by atoms with Crippen LogP contribution >= 0.6 is 27.3 Å². The zero-order chi connectivity index (χ0) is 23.5. The van der Waals surface area contributed by atoms with Gasteiger partial charge in [-0.3, -0.25) is 9.36 Å². The molecule has 6 nitrogen and oxygen atoms in total. The van der Waals surface area contributed by atoms with E-state index in [1.165, 1.54) is 18.4 Å². The highest BCUT2D eigenvalue weighted by Gasteiger charge is 2.33. The Balaban J connectivity index is 1.93. The molecule has 0 amide bonds. The van der Waals surface area contributed by atoms with Gasteiger partial charge in [0.2, 0.25) is 0 Å². The maximum absolute atomic E-state index is 13.6. The van der Waals surface area contributed by atoms with E-state index >= 15 is 0 Å². The molecule has 0 fully saturated rings. The summed E-state index contributed by atoms with van der Waals surface area (Å²) in [5.74, 6) is 0.268. The van der Waals surface area contributed by atoms with E-state index in [0.717, 1.165) is 21.3 Å². The van der Waals surface area contributed by atoms with E-state index in [2.05, 4.69) is 20.9 Å². The minimum atomic E-state index is -0.598. The Morgan fingerprint density at radius 3 is 2.61 bits per heavy atom. The molecule has 0 saturated carbocycles. The molecule has 0 spiro atoms. The van der Waals surface area contributed by atoms with E-state index in [-0.39, 0.29) is 5.56 Å². The molecule has 1 aliphatic heterocycles. The molecule has 0 radical (unpaired) electrons.